The van der Waals surface area contributed by atoms with E-state index in [4.69, 9.17) is 0 Å². The fourth-order valence-electron chi connectivity index (χ4n) is 1.26. The smallest absolute Gasteiger partial charge is 0.221 e. The van der Waals surface area contributed by atoms with Crippen LogP contribution >= 0.6 is 0 Å². The van der Waals surface area contributed by atoms with Gasteiger partial charge in [-0.1, -0.05) is 0 Å². The second-order valence-electron chi connectivity index (χ2n) is 4.92. The molecule has 0 atom stereocenters. The van der Waals surface area contributed by atoms with Crippen LogP contribution in [-0.4, -0.2) is 28.2 Å². The number of carbonyl (C=O) groups is 1. The fourth-order valence-corrected chi connectivity index (χ4v) is 1.26. The maximum absolute atomic E-state index is 11.5. The monoisotopic (exact) mass is 236 g/mol. The third-order valence-corrected chi connectivity index (χ3v) is 2.10. The van der Waals surface area contributed by atoms with Crippen molar-refractivity contribution in [2.45, 2.75) is 39.3 Å². The van der Waals surface area contributed by atoms with Gasteiger partial charge in [0.05, 0.1) is 12.2 Å². The van der Waals surface area contributed by atoms with Crippen molar-refractivity contribution in [3.63, 3.8) is 0 Å². The van der Waals surface area contributed by atoms with Crippen LogP contribution < -0.4 is 10.6 Å². The molecule has 2 N–H and O–H groups in total. The van der Waals surface area contributed by atoms with Gasteiger partial charge in [0.25, 0.3) is 0 Å². The van der Waals surface area contributed by atoms with E-state index >= 15 is 0 Å². The van der Waals surface area contributed by atoms with E-state index in [1.807, 2.05) is 6.07 Å². The summed E-state index contributed by atoms with van der Waals surface area (Å²) in [6.45, 7) is 7.33. The van der Waals surface area contributed by atoms with E-state index in [1.165, 1.54) is 0 Å². The topological polar surface area (TPSA) is 66.9 Å². The van der Waals surface area contributed by atoms with E-state index in [2.05, 4.69) is 41.6 Å². The molecule has 94 valence electrons. The molecule has 1 heterocycles. The summed E-state index contributed by atoms with van der Waals surface area (Å²) in [7, 11) is 0. The molecule has 0 aliphatic rings. The molecule has 17 heavy (non-hydrogen) atoms. The van der Waals surface area contributed by atoms with Crippen molar-refractivity contribution in [2.75, 3.05) is 6.54 Å². The first-order valence-electron chi connectivity index (χ1n) is 5.76. The number of nitrogens with one attached hydrogen (secondary N) is 2. The Balaban J connectivity index is 2.18. The Morgan fingerprint density at radius 2 is 2.18 bits per heavy atom. The Morgan fingerprint density at radius 3 is 2.76 bits per heavy atom. The molecular weight excluding hydrogens is 216 g/mol. The average molecular weight is 236 g/mol. The van der Waals surface area contributed by atoms with E-state index in [0.29, 0.717) is 19.5 Å². The molecule has 0 aliphatic heterocycles. The molecule has 0 fully saturated rings. The van der Waals surface area contributed by atoms with Gasteiger partial charge in [0, 0.05) is 24.7 Å². The van der Waals surface area contributed by atoms with Gasteiger partial charge in [-0.3, -0.25) is 4.79 Å². The summed E-state index contributed by atoms with van der Waals surface area (Å²) < 4.78 is 0. The van der Waals surface area contributed by atoms with Gasteiger partial charge in [-0.15, -0.1) is 0 Å². The van der Waals surface area contributed by atoms with Crippen molar-refractivity contribution in [1.29, 1.82) is 0 Å². The van der Waals surface area contributed by atoms with Crippen LogP contribution in [0.1, 0.15) is 32.9 Å². The van der Waals surface area contributed by atoms with Crippen LogP contribution in [0.25, 0.3) is 0 Å². The van der Waals surface area contributed by atoms with E-state index in [-0.39, 0.29) is 11.4 Å². The van der Waals surface area contributed by atoms with Crippen LogP contribution in [0.4, 0.5) is 0 Å². The van der Waals surface area contributed by atoms with Crippen molar-refractivity contribution in [2.24, 2.45) is 0 Å². The number of carbonyl (C=O) groups excluding carboxylic acids is 1. The maximum Gasteiger partial charge on any atom is 0.221 e. The first-order chi connectivity index (χ1) is 7.97. The van der Waals surface area contributed by atoms with E-state index in [1.54, 1.807) is 12.3 Å². The van der Waals surface area contributed by atoms with Crippen LogP contribution in [0.3, 0.4) is 0 Å². The van der Waals surface area contributed by atoms with E-state index < -0.39 is 0 Å². The molecule has 0 saturated carbocycles. The van der Waals surface area contributed by atoms with Crippen molar-refractivity contribution >= 4 is 5.91 Å². The molecule has 1 amide bonds. The highest BCUT2D eigenvalue weighted by Crippen LogP contribution is 1.98. The van der Waals surface area contributed by atoms with Crippen LogP contribution in [0, 0.1) is 0 Å². The van der Waals surface area contributed by atoms with Crippen LogP contribution in [0.5, 0.6) is 0 Å². The number of hydrogen-bond acceptors (Lipinski definition) is 4. The first-order valence-corrected chi connectivity index (χ1v) is 5.76. The maximum atomic E-state index is 11.5. The Hall–Kier alpha value is -1.49. The van der Waals surface area contributed by atoms with Crippen molar-refractivity contribution in [3.8, 4) is 0 Å². The Morgan fingerprint density at radius 1 is 1.41 bits per heavy atom. The van der Waals surface area contributed by atoms with Crippen molar-refractivity contribution in [1.82, 2.24) is 20.8 Å². The fraction of sp³-hybridized carbons (Fsp3) is 0.583. The SMILES string of the molecule is CC(C)(C)NCCC(=O)NCc1cccnn1. The molecule has 0 spiro atoms. The lowest BCUT2D eigenvalue weighted by Gasteiger charge is -2.20. The molecule has 5 nitrogen and oxygen atoms in total. The third-order valence-electron chi connectivity index (χ3n) is 2.10. The largest absolute Gasteiger partial charge is 0.350 e. The minimum absolute atomic E-state index is 0.0207. The van der Waals surface area contributed by atoms with E-state index in [0.717, 1.165) is 5.69 Å². The molecule has 0 bridgehead atoms. The van der Waals surface area contributed by atoms with Gasteiger partial charge in [0.2, 0.25) is 5.91 Å². The second kappa shape index (κ2) is 6.30. The third kappa shape index (κ3) is 6.63. The van der Waals surface area contributed by atoms with Gasteiger partial charge in [-0.25, -0.2) is 0 Å². The van der Waals surface area contributed by atoms with Gasteiger partial charge < -0.3 is 10.6 Å². The van der Waals surface area contributed by atoms with Crippen molar-refractivity contribution in [3.05, 3.63) is 24.0 Å². The molecule has 0 aromatic carbocycles. The molecule has 0 saturated heterocycles. The summed E-state index contributed by atoms with van der Waals surface area (Å²) >= 11 is 0. The number of hydrogen-bond donors (Lipinski definition) is 2. The average Bonchev–Trinajstić information content (AvgIpc) is 2.26. The Kier molecular flexibility index (Phi) is 5.03. The molecule has 0 radical (unpaired) electrons. The van der Waals surface area contributed by atoms with Gasteiger partial charge in [0.1, 0.15) is 0 Å². The standard InChI is InChI=1S/C12H20N4O/c1-12(2,3)14-8-6-11(17)13-9-10-5-4-7-15-16-10/h4-5,7,14H,6,8-9H2,1-3H3,(H,13,17). The summed E-state index contributed by atoms with van der Waals surface area (Å²) in [4.78, 5) is 11.5. The summed E-state index contributed by atoms with van der Waals surface area (Å²) in [6.07, 6.45) is 2.08. The normalized spacial score (nSPS) is 11.2. The van der Waals surface area contributed by atoms with Gasteiger partial charge in [-0.05, 0) is 32.9 Å². The lowest BCUT2D eigenvalue weighted by Crippen LogP contribution is -2.38. The van der Waals surface area contributed by atoms with Gasteiger partial charge in [-0.2, -0.15) is 10.2 Å². The molecule has 0 unspecified atom stereocenters. The lowest BCUT2D eigenvalue weighted by atomic mass is 10.1. The molecule has 5 heteroatoms. The second-order valence-corrected chi connectivity index (χ2v) is 4.92. The number of rotatable bonds is 5. The molecule has 1 aromatic rings. The molecule has 1 aromatic heterocycles. The minimum atomic E-state index is 0.0207. The van der Waals surface area contributed by atoms with Crippen molar-refractivity contribution < 1.29 is 4.79 Å². The Bertz CT molecular complexity index is 345. The zero-order chi connectivity index (χ0) is 12.7. The van der Waals surface area contributed by atoms with Crippen LogP contribution in [0.15, 0.2) is 18.3 Å². The summed E-state index contributed by atoms with van der Waals surface area (Å²) in [5.41, 5.74) is 0.815. The lowest BCUT2D eigenvalue weighted by molar-refractivity contribution is -0.121. The molecule has 0 aliphatic carbocycles. The highest BCUT2D eigenvalue weighted by Gasteiger charge is 2.09. The van der Waals surface area contributed by atoms with Crippen LogP contribution in [0.2, 0.25) is 0 Å². The zero-order valence-electron chi connectivity index (χ0n) is 10.7. The van der Waals surface area contributed by atoms with Gasteiger partial charge >= 0.3 is 0 Å². The molecular formula is C12H20N4O. The Labute approximate surface area is 102 Å². The predicted octanol–water partition coefficient (Wildman–Crippen LogP) is 0.871. The minimum Gasteiger partial charge on any atom is -0.350 e. The zero-order valence-corrected chi connectivity index (χ0v) is 10.7. The summed E-state index contributed by atoms with van der Waals surface area (Å²) in [5.74, 6) is 0.0207. The highest BCUT2D eigenvalue weighted by molar-refractivity contribution is 5.75. The van der Waals surface area contributed by atoms with E-state index in [9.17, 15) is 4.79 Å². The summed E-state index contributed by atoms with van der Waals surface area (Å²) in [5, 5.41) is 13.7. The molecule has 1 rings (SSSR count). The number of nitrogens with zero attached hydrogens (tertiary/aromatic N) is 2. The number of amides is 1. The van der Waals surface area contributed by atoms with Crippen LogP contribution in [-0.2, 0) is 11.3 Å². The quantitative estimate of drug-likeness (QED) is 0.796. The first kappa shape index (κ1) is 13.6. The number of aromatic nitrogens is 2. The predicted molar refractivity (Wildman–Crippen MR) is 66.3 cm³/mol. The summed E-state index contributed by atoms with van der Waals surface area (Å²) in [6, 6.07) is 3.64. The highest BCUT2D eigenvalue weighted by atomic mass is 16.1. The van der Waals surface area contributed by atoms with Gasteiger partial charge in [0.15, 0.2) is 0 Å².